The highest BCUT2D eigenvalue weighted by Gasteiger charge is 2.67. The molecule has 5 aliphatic rings. The summed E-state index contributed by atoms with van der Waals surface area (Å²) in [5.41, 5.74) is 3.14. The van der Waals surface area contributed by atoms with Crippen molar-refractivity contribution in [2.24, 2.45) is 17.3 Å². The van der Waals surface area contributed by atoms with E-state index in [-0.39, 0.29) is 16.9 Å². The predicted octanol–water partition coefficient (Wildman–Crippen LogP) is 5.05. The smallest absolute Gasteiger partial charge is 0.104 e. The molecule has 0 amide bonds. The largest absolute Gasteiger partial charge is 0.390 e. The molecule has 4 heteroatoms. The Labute approximate surface area is 195 Å². The molecule has 0 unspecified atom stereocenters. The monoisotopic (exact) mass is 443 g/mol. The van der Waals surface area contributed by atoms with Crippen LogP contribution >= 0.6 is 0 Å². The third kappa shape index (κ3) is 2.50. The number of hydrogen-bond acceptors (Lipinski definition) is 4. The Morgan fingerprint density at radius 2 is 1.97 bits per heavy atom. The number of allylic oxidation sites excluding steroid dienone is 1. The van der Waals surface area contributed by atoms with Gasteiger partial charge >= 0.3 is 0 Å². The Morgan fingerprint density at radius 3 is 2.85 bits per heavy atom. The summed E-state index contributed by atoms with van der Waals surface area (Å²) in [7, 11) is 0. The summed E-state index contributed by atoms with van der Waals surface area (Å²) in [5.74, 6) is 1.02. The maximum atomic E-state index is 10.9. The van der Waals surface area contributed by atoms with Crippen LogP contribution in [0.25, 0.3) is 10.8 Å². The zero-order valence-electron chi connectivity index (χ0n) is 19.5. The molecule has 8 atom stereocenters. The zero-order valence-corrected chi connectivity index (χ0v) is 19.5. The molecular formula is C29H33NO3. The van der Waals surface area contributed by atoms with Crippen LogP contribution in [-0.4, -0.2) is 38.6 Å². The summed E-state index contributed by atoms with van der Waals surface area (Å²) < 4.78 is 7.19. The van der Waals surface area contributed by atoms with Gasteiger partial charge in [-0.1, -0.05) is 44.2 Å². The topological polar surface area (TPSA) is 62.6 Å². The van der Waals surface area contributed by atoms with Gasteiger partial charge in [0.1, 0.15) is 6.10 Å². The van der Waals surface area contributed by atoms with E-state index in [0.29, 0.717) is 11.8 Å². The van der Waals surface area contributed by atoms with Crippen molar-refractivity contribution >= 4 is 10.8 Å². The van der Waals surface area contributed by atoms with E-state index in [4.69, 9.17) is 4.74 Å². The number of ether oxygens (including phenoxy) is 1. The number of fused-ring (bicyclic) bond motifs is 2. The number of rotatable bonds is 1. The molecule has 2 aliphatic heterocycles. The van der Waals surface area contributed by atoms with Crippen LogP contribution < -0.4 is 0 Å². The lowest BCUT2D eigenvalue weighted by molar-refractivity contribution is -0.162. The lowest BCUT2D eigenvalue weighted by atomic mass is 9.58. The Bertz CT molecular complexity index is 1220. The average Bonchev–Trinajstić information content (AvgIpc) is 3.33. The summed E-state index contributed by atoms with van der Waals surface area (Å²) in [6, 6.07) is 9.04. The third-order valence-electron chi connectivity index (χ3n) is 10.2. The second-order valence-electron chi connectivity index (χ2n) is 11.7. The molecule has 1 aromatic heterocycles. The first kappa shape index (κ1) is 20.4. The van der Waals surface area contributed by atoms with Crippen LogP contribution in [0.15, 0.2) is 60.0 Å². The summed E-state index contributed by atoms with van der Waals surface area (Å²) in [6.45, 7) is 4.54. The molecule has 2 aromatic rings. The standard InChI is InChI=1S/C29H33NO3/c1-17-15-28-10-11-29(33-28)21(14-23(28)26(32)25(17)31)7-9-27(2)22(5-6-24(27)29)19-3-4-20-16-30-12-8-18(20)13-19/h3-4,7-8,12-14,16-17,22,24-26,31-32H,5-6,9-11,15H2,1-2H3/t17-,22+,24+,25+,26+,27+,28+,29+/m0/s1. The van der Waals surface area contributed by atoms with E-state index < -0.39 is 17.8 Å². The Balaban J connectivity index is 1.31. The molecule has 4 nitrogen and oxygen atoms in total. The van der Waals surface area contributed by atoms with Gasteiger partial charge in [0.2, 0.25) is 0 Å². The molecule has 3 aliphatic carbocycles. The first-order valence-corrected chi connectivity index (χ1v) is 12.7. The third-order valence-corrected chi connectivity index (χ3v) is 10.2. The molecule has 3 fully saturated rings. The van der Waals surface area contributed by atoms with Crippen molar-refractivity contribution in [3.05, 3.63) is 65.5 Å². The van der Waals surface area contributed by atoms with Gasteiger partial charge < -0.3 is 14.9 Å². The maximum Gasteiger partial charge on any atom is 0.104 e. The van der Waals surface area contributed by atoms with Crippen molar-refractivity contribution in [3.8, 4) is 0 Å². The van der Waals surface area contributed by atoms with Crippen LogP contribution in [0, 0.1) is 17.3 Å². The second-order valence-corrected chi connectivity index (χ2v) is 11.7. The van der Waals surface area contributed by atoms with Gasteiger partial charge in [0, 0.05) is 17.8 Å². The van der Waals surface area contributed by atoms with Crippen LogP contribution in [0.4, 0.5) is 0 Å². The molecule has 1 saturated heterocycles. The maximum absolute atomic E-state index is 10.9. The highest BCUT2D eigenvalue weighted by molar-refractivity contribution is 5.82. The van der Waals surface area contributed by atoms with E-state index >= 15 is 0 Å². The molecule has 1 aromatic carbocycles. The lowest BCUT2D eigenvalue weighted by Crippen LogP contribution is -2.57. The van der Waals surface area contributed by atoms with Gasteiger partial charge in [-0.2, -0.15) is 0 Å². The number of pyridine rings is 1. The number of aromatic nitrogens is 1. The Hall–Kier alpha value is -2.01. The minimum Gasteiger partial charge on any atom is -0.390 e. The first-order valence-electron chi connectivity index (χ1n) is 12.7. The van der Waals surface area contributed by atoms with E-state index in [9.17, 15) is 10.2 Å². The normalized spacial score (nSPS) is 45.8. The van der Waals surface area contributed by atoms with E-state index in [1.165, 1.54) is 34.8 Å². The molecule has 172 valence electrons. The predicted molar refractivity (Wildman–Crippen MR) is 128 cm³/mol. The number of aliphatic hydroxyl groups excluding tert-OH is 2. The molecule has 2 bridgehead atoms. The van der Waals surface area contributed by atoms with Crippen molar-refractivity contribution in [3.63, 3.8) is 0 Å². The van der Waals surface area contributed by atoms with E-state index in [0.717, 1.165) is 31.3 Å². The van der Waals surface area contributed by atoms with Gasteiger partial charge in [-0.3, -0.25) is 4.98 Å². The van der Waals surface area contributed by atoms with Crippen LogP contribution in [0.1, 0.15) is 63.9 Å². The van der Waals surface area contributed by atoms with Crippen molar-refractivity contribution in [2.75, 3.05) is 0 Å². The Kier molecular flexibility index (Phi) is 4.05. The summed E-state index contributed by atoms with van der Waals surface area (Å²) >= 11 is 0. The summed E-state index contributed by atoms with van der Waals surface area (Å²) in [5, 5.41) is 24.0. The zero-order chi connectivity index (χ0) is 22.6. The molecule has 0 radical (unpaired) electrons. The number of nitrogens with zero attached hydrogens (tertiary/aromatic N) is 1. The minimum absolute atomic E-state index is 0.0382. The van der Waals surface area contributed by atoms with Crippen molar-refractivity contribution in [1.29, 1.82) is 0 Å². The van der Waals surface area contributed by atoms with Crippen LogP contribution in [0.3, 0.4) is 0 Å². The number of hydrogen-bond donors (Lipinski definition) is 2. The Morgan fingerprint density at radius 1 is 1.09 bits per heavy atom. The fourth-order valence-electron chi connectivity index (χ4n) is 8.58. The summed E-state index contributed by atoms with van der Waals surface area (Å²) in [4.78, 5) is 4.27. The fourth-order valence-corrected chi connectivity index (χ4v) is 8.58. The summed E-state index contributed by atoms with van der Waals surface area (Å²) in [6.07, 6.45) is 13.1. The highest BCUT2D eigenvalue weighted by atomic mass is 16.5. The van der Waals surface area contributed by atoms with Crippen molar-refractivity contribution in [2.45, 2.75) is 81.7 Å². The van der Waals surface area contributed by atoms with Crippen molar-refractivity contribution < 1.29 is 14.9 Å². The van der Waals surface area contributed by atoms with Crippen LogP contribution in [-0.2, 0) is 4.74 Å². The fraction of sp³-hybridized carbons (Fsp3) is 0.552. The molecule has 2 spiro atoms. The van der Waals surface area contributed by atoms with E-state index in [2.05, 4.69) is 48.3 Å². The first-order chi connectivity index (χ1) is 15.9. The molecule has 3 heterocycles. The highest BCUT2D eigenvalue weighted by Crippen LogP contribution is 2.69. The lowest BCUT2D eigenvalue weighted by Gasteiger charge is -2.55. The molecule has 7 rings (SSSR count). The number of benzene rings is 1. The van der Waals surface area contributed by atoms with Crippen LogP contribution in [0.5, 0.6) is 0 Å². The molecular weight excluding hydrogens is 410 g/mol. The minimum atomic E-state index is -0.817. The van der Waals surface area contributed by atoms with E-state index in [1.807, 2.05) is 19.3 Å². The second kappa shape index (κ2) is 6.56. The van der Waals surface area contributed by atoms with Gasteiger partial charge in [0.25, 0.3) is 0 Å². The molecule has 2 N–H and O–H groups in total. The van der Waals surface area contributed by atoms with Crippen LogP contribution in [0.2, 0.25) is 0 Å². The van der Waals surface area contributed by atoms with Gasteiger partial charge in [0.15, 0.2) is 0 Å². The van der Waals surface area contributed by atoms with Gasteiger partial charge in [-0.05, 0) is 89.9 Å². The van der Waals surface area contributed by atoms with Gasteiger partial charge in [0.05, 0.1) is 17.3 Å². The molecule has 2 saturated carbocycles. The number of aliphatic hydroxyl groups is 2. The SMILES string of the molecule is C[C@H]1C[C@@]23CC[C@@]4(O2)C(=CC[C@]2(C)[C@@H](c5ccc6cnccc6c5)CC[C@H]24)C=C3[C@@H](O)[C@@H]1O. The average molecular weight is 444 g/mol. The van der Waals surface area contributed by atoms with E-state index in [1.54, 1.807) is 0 Å². The van der Waals surface area contributed by atoms with Gasteiger partial charge in [-0.15, -0.1) is 0 Å². The molecule has 33 heavy (non-hydrogen) atoms. The van der Waals surface area contributed by atoms with Gasteiger partial charge in [-0.25, -0.2) is 0 Å². The van der Waals surface area contributed by atoms with Crippen molar-refractivity contribution in [1.82, 2.24) is 4.98 Å². The quantitative estimate of drug-likeness (QED) is 0.647.